The van der Waals surface area contributed by atoms with E-state index in [0.717, 1.165) is 28.9 Å². The van der Waals surface area contributed by atoms with Crippen LogP contribution in [0, 0.1) is 6.92 Å². The molecule has 0 bridgehead atoms. The Morgan fingerprint density at radius 1 is 1.29 bits per heavy atom. The number of carboxylic acid groups (broad SMARTS) is 1. The van der Waals surface area contributed by atoms with Crippen LogP contribution in [-0.4, -0.2) is 22.0 Å². The highest BCUT2D eigenvalue weighted by atomic mass is 32.1. The fourth-order valence-electron chi connectivity index (χ4n) is 1.83. The van der Waals surface area contributed by atoms with E-state index >= 15 is 0 Å². The fraction of sp³-hybridized carbons (Fsp3) is 0.267. The number of amides is 1. The highest BCUT2D eigenvalue weighted by Gasteiger charge is 2.19. The average molecular weight is 304 g/mol. The molecule has 1 amide bonds. The summed E-state index contributed by atoms with van der Waals surface area (Å²) < 4.78 is 0. The molecule has 0 spiro atoms. The van der Waals surface area contributed by atoms with Crippen LogP contribution in [0.25, 0.3) is 11.3 Å². The number of rotatable bonds is 5. The molecule has 6 heteroatoms. The SMILES string of the molecule is CCCC(=O)Nc1nc(-c2ccc(C)cc2)c(C(=O)O)s1. The van der Waals surface area contributed by atoms with Crippen molar-refractivity contribution in [3.05, 3.63) is 34.7 Å². The van der Waals surface area contributed by atoms with Gasteiger partial charge in [0.15, 0.2) is 5.13 Å². The Morgan fingerprint density at radius 2 is 1.95 bits per heavy atom. The first kappa shape index (κ1) is 15.2. The van der Waals surface area contributed by atoms with Gasteiger partial charge in [-0.15, -0.1) is 0 Å². The van der Waals surface area contributed by atoms with Crippen LogP contribution in [0.15, 0.2) is 24.3 Å². The van der Waals surface area contributed by atoms with Crippen molar-refractivity contribution in [3.8, 4) is 11.3 Å². The summed E-state index contributed by atoms with van der Waals surface area (Å²) in [4.78, 5) is 27.3. The van der Waals surface area contributed by atoms with E-state index in [1.807, 2.05) is 38.1 Å². The van der Waals surface area contributed by atoms with E-state index in [9.17, 15) is 14.7 Å². The second-order valence-electron chi connectivity index (χ2n) is 4.67. The number of thiazole rings is 1. The number of nitrogens with zero attached hydrogens (tertiary/aromatic N) is 1. The maximum Gasteiger partial charge on any atom is 0.348 e. The smallest absolute Gasteiger partial charge is 0.348 e. The van der Waals surface area contributed by atoms with Crippen molar-refractivity contribution in [2.75, 3.05) is 5.32 Å². The van der Waals surface area contributed by atoms with Gasteiger partial charge in [-0.2, -0.15) is 0 Å². The quantitative estimate of drug-likeness (QED) is 0.885. The van der Waals surface area contributed by atoms with E-state index in [-0.39, 0.29) is 10.8 Å². The lowest BCUT2D eigenvalue weighted by atomic mass is 10.1. The Bertz CT molecular complexity index is 662. The predicted octanol–water partition coefficient (Wildman–Crippen LogP) is 3.56. The lowest BCUT2D eigenvalue weighted by Crippen LogP contribution is -2.10. The zero-order chi connectivity index (χ0) is 15.4. The number of carboxylic acids is 1. The Kier molecular flexibility index (Phi) is 4.70. The number of hydrogen-bond acceptors (Lipinski definition) is 4. The van der Waals surface area contributed by atoms with Crippen LogP contribution in [0.3, 0.4) is 0 Å². The molecule has 2 rings (SSSR count). The van der Waals surface area contributed by atoms with Gasteiger partial charge in [-0.05, 0) is 13.3 Å². The monoisotopic (exact) mass is 304 g/mol. The summed E-state index contributed by atoms with van der Waals surface area (Å²) in [5.41, 5.74) is 2.20. The first-order valence-electron chi connectivity index (χ1n) is 6.62. The van der Waals surface area contributed by atoms with Crippen LogP contribution in [0.4, 0.5) is 5.13 Å². The Balaban J connectivity index is 2.36. The Labute approximate surface area is 126 Å². The number of anilines is 1. The van der Waals surface area contributed by atoms with Gasteiger partial charge in [-0.1, -0.05) is 48.1 Å². The molecule has 2 N–H and O–H groups in total. The lowest BCUT2D eigenvalue weighted by Gasteiger charge is -2.00. The zero-order valence-corrected chi connectivity index (χ0v) is 12.7. The van der Waals surface area contributed by atoms with Gasteiger partial charge >= 0.3 is 5.97 Å². The number of nitrogens with one attached hydrogen (secondary N) is 1. The maximum atomic E-state index is 11.6. The van der Waals surface area contributed by atoms with E-state index < -0.39 is 5.97 Å². The van der Waals surface area contributed by atoms with Crippen molar-refractivity contribution in [1.82, 2.24) is 4.98 Å². The summed E-state index contributed by atoms with van der Waals surface area (Å²) in [5.74, 6) is -1.20. The van der Waals surface area contributed by atoms with Crippen molar-refractivity contribution in [2.24, 2.45) is 0 Å². The highest BCUT2D eigenvalue weighted by Crippen LogP contribution is 2.31. The van der Waals surface area contributed by atoms with Gasteiger partial charge < -0.3 is 10.4 Å². The second-order valence-corrected chi connectivity index (χ2v) is 5.67. The number of benzene rings is 1. The van der Waals surface area contributed by atoms with Crippen LogP contribution in [0.5, 0.6) is 0 Å². The molecule has 0 fully saturated rings. The summed E-state index contributed by atoms with van der Waals surface area (Å²) >= 11 is 0.978. The molecule has 1 heterocycles. The third-order valence-corrected chi connectivity index (χ3v) is 3.83. The van der Waals surface area contributed by atoms with E-state index in [0.29, 0.717) is 17.2 Å². The van der Waals surface area contributed by atoms with Crippen LogP contribution >= 0.6 is 11.3 Å². The molecule has 0 unspecified atom stereocenters. The van der Waals surface area contributed by atoms with Crippen LogP contribution in [-0.2, 0) is 4.79 Å². The largest absolute Gasteiger partial charge is 0.477 e. The van der Waals surface area contributed by atoms with Crippen LogP contribution in [0.1, 0.15) is 35.0 Å². The highest BCUT2D eigenvalue weighted by molar-refractivity contribution is 7.18. The number of aromatic carboxylic acids is 1. The van der Waals surface area contributed by atoms with Crippen LogP contribution in [0.2, 0.25) is 0 Å². The van der Waals surface area contributed by atoms with Crippen molar-refractivity contribution in [3.63, 3.8) is 0 Å². The number of carbonyl (C=O) groups excluding carboxylic acids is 1. The Hall–Kier alpha value is -2.21. The van der Waals surface area contributed by atoms with Crippen molar-refractivity contribution >= 4 is 28.3 Å². The van der Waals surface area contributed by atoms with Gasteiger partial charge in [0.25, 0.3) is 0 Å². The van der Waals surface area contributed by atoms with E-state index in [1.54, 1.807) is 0 Å². The van der Waals surface area contributed by atoms with Crippen molar-refractivity contribution in [2.45, 2.75) is 26.7 Å². The maximum absolute atomic E-state index is 11.6. The van der Waals surface area contributed by atoms with Gasteiger partial charge in [0.2, 0.25) is 5.91 Å². The molecular formula is C15H16N2O3S. The first-order chi connectivity index (χ1) is 10.0. The number of hydrogen-bond donors (Lipinski definition) is 2. The minimum atomic E-state index is -1.04. The summed E-state index contributed by atoms with van der Waals surface area (Å²) in [6, 6.07) is 7.45. The summed E-state index contributed by atoms with van der Waals surface area (Å²) in [7, 11) is 0. The zero-order valence-electron chi connectivity index (χ0n) is 11.8. The predicted molar refractivity (Wildman–Crippen MR) is 82.8 cm³/mol. The van der Waals surface area contributed by atoms with Crippen molar-refractivity contribution in [1.29, 1.82) is 0 Å². The fourth-order valence-corrected chi connectivity index (χ4v) is 2.68. The molecule has 0 aliphatic rings. The van der Waals surface area contributed by atoms with Gasteiger partial charge in [-0.25, -0.2) is 9.78 Å². The van der Waals surface area contributed by atoms with E-state index in [4.69, 9.17) is 0 Å². The van der Waals surface area contributed by atoms with E-state index in [2.05, 4.69) is 10.3 Å². The molecule has 0 radical (unpaired) electrons. The van der Waals surface area contributed by atoms with Crippen LogP contribution < -0.4 is 5.32 Å². The molecule has 21 heavy (non-hydrogen) atoms. The van der Waals surface area contributed by atoms with Gasteiger partial charge in [0.05, 0.1) is 5.69 Å². The molecular weight excluding hydrogens is 288 g/mol. The second kappa shape index (κ2) is 6.49. The average Bonchev–Trinajstić information content (AvgIpc) is 2.84. The first-order valence-corrected chi connectivity index (χ1v) is 7.44. The lowest BCUT2D eigenvalue weighted by molar-refractivity contribution is -0.116. The molecule has 0 aliphatic heterocycles. The number of aromatic nitrogens is 1. The molecule has 1 aromatic heterocycles. The molecule has 1 aromatic carbocycles. The molecule has 2 aromatic rings. The topological polar surface area (TPSA) is 79.3 Å². The minimum Gasteiger partial charge on any atom is -0.477 e. The standard InChI is InChI=1S/C15H16N2O3S/c1-3-4-11(18)16-15-17-12(13(21-15)14(19)20)10-7-5-9(2)6-8-10/h5-8H,3-4H2,1-2H3,(H,19,20)(H,16,17,18). The summed E-state index contributed by atoms with van der Waals surface area (Å²) in [5, 5.41) is 12.3. The van der Waals surface area contributed by atoms with Gasteiger partial charge in [0, 0.05) is 12.0 Å². The molecule has 110 valence electrons. The molecule has 0 saturated carbocycles. The normalized spacial score (nSPS) is 10.4. The van der Waals surface area contributed by atoms with Crippen molar-refractivity contribution < 1.29 is 14.7 Å². The molecule has 5 nitrogen and oxygen atoms in total. The molecule has 0 saturated heterocycles. The Morgan fingerprint density at radius 3 is 2.52 bits per heavy atom. The van der Waals surface area contributed by atoms with E-state index in [1.165, 1.54) is 0 Å². The summed E-state index contributed by atoms with van der Waals surface area (Å²) in [6.07, 6.45) is 1.12. The number of aryl methyl sites for hydroxylation is 1. The molecule has 0 atom stereocenters. The third-order valence-electron chi connectivity index (χ3n) is 2.87. The number of carbonyl (C=O) groups is 2. The van der Waals surface area contributed by atoms with Gasteiger partial charge in [0.1, 0.15) is 4.88 Å². The van der Waals surface area contributed by atoms with Gasteiger partial charge in [-0.3, -0.25) is 4.79 Å². The minimum absolute atomic E-state index is 0.130. The molecule has 0 aliphatic carbocycles. The summed E-state index contributed by atoms with van der Waals surface area (Å²) in [6.45, 7) is 3.86. The third kappa shape index (κ3) is 3.66.